The first-order valence-electron chi connectivity index (χ1n) is 3.88. The Labute approximate surface area is 51.3 Å². The van der Waals surface area contributed by atoms with Gasteiger partial charge in [-0.15, -0.1) is 0 Å². The Kier molecular flexibility index (Phi) is 0.902. The standard InChI is InChI=1S/C8H14/c1-6-2-3-7-4-5-8(6)7/h6-8H,2-5H2,1H3/t6-,7+,8+/m0/s1. The Morgan fingerprint density at radius 1 is 1.00 bits per heavy atom. The van der Waals surface area contributed by atoms with Gasteiger partial charge >= 0.3 is 0 Å². The Bertz CT molecular complexity index is 90.2. The molecule has 46 valence electrons. The topological polar surface area (TPSA) is 0 Å². The third-order valence-corrected chi connectivity index (χ3v) is 3.20. The molecular formula is C8H14. The molecule has 0 heteroatoms. The minimum Gasteiger partial charge on any atom is -0.0622 e. The zero-order chi connectivity index (χ0) is 5.56. The summed E-state index contributed by atoms with van der Waals surface area (Å²) in [6.45, 7) is 2.42. The van der Waals surface area contributed by atoms with Crippen LogP contribution >= 0.6 is 0 Å². The molecule has 0 amide bonds. The molecule has 2 aliphatic rings. The van der Waals surface area contributed by atoms with Crippen molar-refractivity contribution in [1.29, 1.82) is 0 Å². The zero-order valence-corrected chi connectivity index (χ0v) is 5.56. The summed E-state index contributed by atoms with van der Waals surface area (Å²) in [5.74, 6) is 3.41. The van der Waals surface area contributed by atoms with Crippen molar-refractivity contribution in [3.8, 4) is 0 Å². The molecule has 2 aliphatic carbocycles. The van der Waals surface area contributed by atoms with Gasteiger partial charge in [0.2, 0.25) is 0 Å². The summed E-state index contributed by atoms with van der Waals surface area (Å²) in [6.07, 6.45) is 6.17. The van der Waals surface area contributed by atoms with Crippen molar-refractivity contribution in [1.82, 2.24) is 0 Å². The summed E-state index contributed by atoms with van der Waals surface area (Å²) in [6, 6.07) is 0. The summed E-state index contributed by atoms with van der Waals surface area (Å²) in [5.41, 5.74) is 0. The van der Waals surface area contributed by atoms with Crippen LogP contribution in [0.5, 0.6) is 0 Å². The molecule has 0 radical (unpaired) electrons. The van der Waals surface area contributed by atoms with E-state index in [0.29, 0.717) is 0 Å². The lowest BCUT2D eigenvalue weighted by atomic mass is 9.73. The molecule has 0 spiro atoms. The van der Waals surface area contributed by atoms with Crippen LogP contribution in [0.3, 0.4) is 0 Å². The van der Waals surface area contributed by atoms with Crippen molar-refractivity contribution >= 4 is 0 Å². The largest absolute Gasteiger partial charge is 0.0622 e. The van der Waals surface area contributed by atoms with Gasteiger partial charge in [0, 0.05) is 0 Å². The molecule has 0 unspecified atom stereocenters. The molecule has 2 saturated carbocycles. The van der Waals surface area contributed by atoms with Gasteiger partial charge < -0.3 is 0 Å². The third kappa shape index (κ3) is 0.463. The SMILES string of the molecule is C[C@H]1CC[C@@H]2CC[C@@H]21. The minimum absolute atomic E-state index is 1.08. The molecule has 8 heavy (non-hydrogen) atoms. The highest BCUT2D eigenvalue weighted by atomic mass is 14.4. The van der Waals surface area contributed by atoms with Crippen LogP contribution in [0.25, 0.3) is 0 Å². The highest BCUT2D eigenvalue weighted by Crippen LogP contribution is 2.49. The minimum atomic E-state index is 1.08. The quantitative estimate of drug-likeness (QED) is 0.449. The van der Waals surface area contributed by atoms with Crippen molar-refractivity contribution in [2.24, 2.45) is 17.8 Å². The predicted molar refractivity (Wildman–Crippen MR) is 34.6 cm³/mol. The molecule has 0 saturated heterocycles. The number of hydrogen-bond donors (Lipinski definition) is 0. The molecule has 2 rings (SSSR count). The van der Waals surface area contributed by atoms with Gasteiger partial charge in [-0.1, -0.05) is 13.3 Å². The molecule has 0 nitrogen and oxygen atoms in total. The number of rotatable bonds is 0. The second-order valence-corrected chi connectivity index (χ2v) is 3.56. The average Bonchev–Trinajstić information content (AvgIpc) is 1.80. The van der Waals surface area contributed by atoms with Crippen LogP contribution in [0.15, 0.2) is 0 Å². The van der Waals surface area contributed by atoms with Crippen LogP contribution in [-0.2, 0) is 0 Å². The van der Waals surface area contributed by atoms with Gasteiger partial charge in [-0.3, -0.25) is 0 Å². The van der Waals surface area contributed by atoms with Gasteiger partial charge in [-0.05, 0) is 37.0 Å². The summed E-state index contributed by atoms with van der Waals surface area (Å²) in [4.78, 5) is 0. The fraction of sp³-hybridized carbons (Fsp3) is 1.00. The van der Waals surface area contributed by atoms with E-state index in [-0.39, 0.29) is 0 Å². The Morgan fingerprint density at radius 2 is 1.75 bits per heavy atom. The number of hydrogen-bond acceptors (Lipinski definition) is 0. The van der Waals surface area contributed by atoms with Crippen LogP contribution in [0.2, 0.25) is 0 Å². The molecule has 0 aliphatic heterocycles. The van der Waals surface area contributed by atoms with E-state index in [9.17, 15) is 0 Å². The fourth-order valence-electron chi connectivity index (χ4n) is 2.39. The maximum Gasteiger partial charge on any atom is -0.0360 e. The second-order valence-electron chi connectivity index (χ2n) is 3.56. The van der Waals surface area contributed by atoms with Gasteiger partial charge in [-0.25, -0.2) is 0 Å². The lowest BCUT2D eigenvalue weighted by Gasteiger charge is -2.32. The van der Waals surface area contributed by atoms with E-state index in [1.54, 1.807) is 19.3 Å². The predicted octanol–water partition coefficient (Wildman–Crippen LogP) is 2.44. The summed E-state index contributed by atoms with van der Waals surface area (Å²) in [7, 11) is 0. The van der Waals surface area contributed by atoms with Gasteiger partial charge in [0.1, 0.15) is 0 Å². The maximum absolute atomic E-state index is 2.42. The van der Waals surface area contributed by atoms with Crippen molar-refractivity contribution in [2.75, 3.05) is 0 Å². The number of fused-ring (bicyclic) bond motifs is 1. The van der Waals surface area contributed by atoms with E-state index in [1.807, 2.05) is 0 Å². The van der Waals surface area contributed by atoms with E-state index in [1.165, 1.54) is 12.3 Å². The van der Waals surface area contributed by atoms with Crippen LogP contribution in [-0.4, -0.2) is 0 Å². The maximum atomic E-state index is 2.42. The fourth-order valence-corrected chi connectivity index (χ4v) is 2.39. The highest BCUT2D eigenvalue weighted by Gasteiger charge is 2.39. The van der Waals surface area contributed by atoms with Crippen LogP contribution in [0.4, 0.5) is 0 Å². The first-order chi connectivity index (χ1) is 3.88. The Morgan fingerprint density at radius 3 is 2.00 bits per heavy atom. The van der Waals surface area contributed by atoms with Gasteiger partial charge in [0.25, 0.3) is 0 Å². The van der Waals surface area contributed by atoms with Crippen LogP contribution in [0, 0.1) is 17.8 Å². The molecule has 0 N–H and O–H groups in total. The van der Waals surface area contributed by atoms with Crippen molar-refractivity contribution in [3.05, 3.63) is 0 Å². The van der Waals surface area contributed by atoms with E-state index < -0.39 is 0 Å². The molecule has 0 aromatic heterocycles. The van der Waals surface area contributed by atoms with Gasteiger partial charge in [-0.2, -0.15) is 0 Å². The summed E-state index contributed by atoms with van der Waals surface area (Å²) in [5, 5.41) is 0. The summed E-state index contributed by atoms with van der Waals surface area (Å²) < 4.78 is 0. The zero-order valence-electron chi connectivity index (χ0n) is 5.56. The van der Waals surface area contributed by atoms with E-state index in [4.69, 9.17) is 0 Å². The second kappa shape index (κ2) is 1.49. The molecule has 0 bridgehead atoms. The molecule has 0 aromatic rings. The molecular weight excluding hydrogens is 96.1 g/mol. The molecule has 3 atom stereocenters. The van der Waals surface area contributed by atoms with Gasteiger partial charge in [0.15, 0.2) is 0 Å². The first-order valence-corrected chi connectivity index (χ1v) is 3.88. The summed E-state index contributed by atoms with van der Waals surface area (Å²) >= 11 is 0. The molecule has 0 heterocycles. The van der Waals surface area contributed by atoms with E-state index in [0.717, 1.165) is 11.8 Å². The Balaban J connectivity index is 2.05. The van der Waals surface area contributed by atoms with Crippen LogP contribution in [0.1, 0.15) is 32.6 Å². The lowest BCUT2D eigenvalue weighted by molar-refractivity contribution is 0.180. The van der Waals surface area contributed by atoms with Crippen molar-refractivity contribution in [3.63, 3.8) is 0 Å². The molecule has 2 fully saturated rings. The van der Waals surface area contributed by atoms with Crippen molar-refractivity contribution in [2.45, 2.75) is 32.6 Å². The Hall–Kier alpha value is 0. The average molecular weight is 110 g/mol. The normalized spacial score (nSPS) is 52.9. The monoisotopic (exact) mass is 110 g/mol. The smallest absolute Gasteiger partial charge is 0.0360 e. The third-order valence-electron chi connectivity index (χ3n) is 3.20. The lowest BCUT2D eigenvalue weighted by Crippen LogP contribution is -2.23. The first kappa shape index (κ1) is 4.84. The van der Waals surface area contributed by atoms with E-state index in [2.05, 4.69) is 6.92 Å². The van der Waals surface area contributed by atoms with E-state index >= 15 is 0 Å². The van der Waals surface area contributed by atoms with Gasteiger partial charge in [0.05, 0.1) is 0 Å². The highest BCUT2D eigenvalue weighted by molar-refractivity contribution is 4.89. The molecule has 0 aromatic carbocycles. The van der Waals surface area contributed by atoms with Crippen LogP contribution < -0.4 is 0 Å². The van der Waals surface area contributed by atoms with Crippen molar-refractivity contribution < 1.29 is 0 Å².